The zero-order valence-electron chi connectivity index (χ0n) is 11.5. The van der Waals surface area contributed by atoms with E-state index in [0.717, 1.165) is 31.5 Å². The minimum atomic E-state index is 0.221. The molecule has 5 heteroatoms. The summed E-state index contributed by atoms with van der Waals surface area (Å²) < 4.78 is 0. The lowest BCUT2D eigenvalue weighted by Crippen LogP contribution is -2.36. The van der Waals surface area contributed by atoms with Gasteiger partial charge in [-0.25, -0.2) is 4.98 Å². The highest BCUT2D eigenvalue weighted by molar-refractivity contribution is 5.77. The number of nitrogens with one attached hydrogen (secondary N) is 1. The molecule has 0 unspecified atom stereocenters. The zero-order valence-corrected chi connectivity index (χ0v) is 11.5. The predicted octanol–water partition coefficient (Wildman–Crippen LogP) is 1.79. The van der Waals surface area contributed by atoms with Gasteiger partial charge < -0.3 is 16.0 Å². The first-order valence-corrected chi connectivity index (χ1v) is 6.91. The van der Waals surface area contributed by atoms with Gasteiger partial charge in [0.2, 0.25) is 5.91 Å². The summed E-state index contributed by atoms with van der Waals surface area (Å²) in [6, 6.07) is 1.87. The third kappa shape index (κ3) is 3.59. The number of aryl methyl sites for hydroxylation is 1. The number of likely N-dealkylation sites (tertiary alicyclic amines) is 1. The predicted molar refractivity (Wildman–Crippen MR) is 76.9 cm³/mol. The van der Waals surface area contributed by atoms with Crippen LogP contribution in [0.25, 0.3) is 0 Å². The second-order valence-corrected chi connectivity index (χ2v) is 5.01. The van der Waals surface area contributed by atoms with Crippen molar-refractivity contribution >= 4 is 17.4 Å². The first-order valence-electron chi connectivity index (χ1n) is 6.91. The topological polar surface area (TPSA) is 71.2 Å². The Labute approximate surface area is 114 Å². The number of nitrogen functional groups attached to an aromatic ring is 1. The number of hydrogen-bond acceptors (Lipinski definition) is 4. The maximum absolute atomic E-state index is 12.0. The first kappa shape index (κ1) is 13.6. The molecule has 0 radical (unpaired) electrons. The van der Waals surface area contributed by atoms with Crippen molar-refractivity contribution < 1.29 is 4.79 Å². The molecule has 1 saturated heterocycles. The van der Waals surface area contributed by atoms with Crippen LogP contribution >= 0.6 is 0 Å². The molecule has 0 atom stereocenters. The highest BCUT2D eigenvalue weighted by atomic mass is 16.2. The Morgan fingerprint density at radius 3 is 2.89 bits per heavy atom. The van der Waals surface area contributed by atoms with Crippen LogP contribution < -0.4 is 11.1 Å². The second-order valence-electron chi connectivity index (χ2n) is 5.01. The van der Waals surface area contributed by atoms with E-state index in [-0.39, 0.29) is 5.91 Å². The molecule has 3 N–H and O–H groups in total. The van der Waals surface area contributed by atoms with Crippen molar-refractivity contribution in [2.75, 3.05) is 30.7 Å². The molecule has 1 amide bonds. The summed E-state index contributed by atoms with van der Waals surface area (Å²) in [5.41, 5.74) is 7.58. The summed E-state index contributed by atoms with van der Waals surface area (Å²) in [5.74, 6) is 0.893. The van der Waals surface area contributed by atoms with Gasteiger partial charge in [-0.15, -0.1) is 0 Å². The number of aromatic nitrogens is 1. The molecule has 1 fully saturated rings. The average Bonchev–Trinajstić information content (AvgIpc) is 2.44. The van der Waals surface area contributed by atoms with Gasteiger partial charge in [-0.05, 0) is 37.8 Å². The van der Waals surface area contributed by atoms with Crippen molar-refractivity contribution in [3.05, 3.63) is 17.8 Å². The van der Waals surface area contributed by atoms with E-state index < -0.39 is 0 Å². The van der Waals surface area contributed by atoms with Gasteiger partial charge >= 0.3 is 0 Å². The molecule has 0 aliphatic carbocycles. The van der Waals surface area contributed by atoms with Crippen molar-refractivity contribution in [3.63, 3.8) is 0 Å². The molecule has 1 aliphatic rings. The van der Waals surface area contributed by atoms with Crippen LogP contribution in [-0.2, 0) is 4.79 Å². The van der Waals surface area contributed by atoms with Gasteiger partial charge in [0.1, 0.15) is 5.82 Å². The van der Waals surface area contributed by atoms with Crippen LogP contribution in [0.3, 0.4) is 0 Å². The van der Waals surface area contributed by atoms with Crippen LogP contribution in [-0.4, -0.2) is 35.4 Å². The minimum Gasteiger partial charge on any atom is -0.396 e. The summed E-state index contributed by atoms with van der Waals surface area (Å²) in [7, 11) is 0. The van der Waals surface area contributed by atoms with Crippen LogP contribution in [0.15, 0.2) is 12.3 Å². The van der Waals surface area contributed by atoms with E-state index in [4.69, 9.17) is 5.73 Å². The van der Waals surface area contributed by atoms with E-state index >= 15 is 0 Å². The number of rotatable bonds is 4. The summed E-state index contributed by atoms with van der Waals surface area (Å²) >= 11 is 0. The minimum absolute atomic E-state index is 0.221. The van der Waals surface area contributed by atoms with Gasteiger partial charge in [0.25, 0.3) is 0 Å². The Morgan fingerprint density at radius 1 is 1.42 bits per heavy atom. The molecule has 2 rings (SSSR count). The van der Waals surface area contributed by atoms with Crippen molar-refractivity contribution in [1.82, 2.24) is 9.88 Å². The fourth-order valence-corrected chi connectivity index (χ4v) is 2.30. The Balaban J connectivity index is 1.79. The van der Waals surface area contributed by atoms with E-state index in [0.29, 0.717) is 24.5 Å². The van der Waals surface area contributed by atoms with Crippen molar-refractivity contribution in [1.29, 1.82) is 0 Å². The standard InChI is InChI=1S/C14H22N4O/c1-11-5-7-16-14(13(11)15)17-8-6-12(19)18-9-3-2-4-10-18/h5,7H,2-4,6,8-10,15H2,1H3,(H,16,17). The molecule has 104 valence electrons. The maximum Gasteiger partial charge on any atom is 0.224 e. The molecular formula is C14H22N4O. The number of nitrogens with zero attached hydrogens (tertiary/aromatic N) is 2. The van der Waals surface area contributed by atoms with E-state index in [9.17, 15) is 4.79 Å². The van der Waals surface area contributed by atoms with E-state index in [2.05, 4.69) is 10.3 Å². The van der Waals surface area contributed by atoms with Crippen LogP contribution in [0.1, 0.15) is 31.2 Å². The van der Waals surface area contributed by atoms with Crippen molar-refractivity contribution in [2.24, 2.45) is 0 Å². The Bertz CT molecular complexity index is 441. The first-order chi connectivity index (χ1) is 9.18. The number of amides is 1. The Morgan fingerprint density at radius 2 is 2.16 bits per heavy atom. The Hall–Kier alpha value is -1.78. The van der Waals surface area contributed by atoms with Gasteiger partial charge in [-0.2, -0.15) is 0 Å². The van der Waals surface area contributed by atoms with Crippen LogP contribution in [0.2, 0.25) is 0 Å². The number of piperidine rings is 1. The summed E-state index contributed by atoms with van der Waals surface area (Å²) in [6.07, 6.45) is 5.72. The van der Waals surface area contributed by atoms with E-state index in [1.54, 1.807) is 6.20 Å². The molecular weight excluding hydrogens is 240 g/mol. The number of nitrogens with two attached hydrogens (primary N) is 1. The van der Waals surface area contributed by atoms with Crippen LogP contribution in [0.5, 0.6) is 0 Å². The maximum atomic E-state index is 12.0. The number of pyridine rings is 1. The van der Waals surface area contributed by atoms with Crippen LogP contribution in [0.4, 0.5) is 11.5 Å². The summed E-state index contributed by atoms with van der Waals surface area (Å²) in [4.78, 5) is 18.1. The van der Waals surface area contributed by atoms with Gasteiger partial charge in [0, 0.05) is 32.3 Å². The summed E-state index contributed by atoms with van der Waals surface area (Å²) in [5, 5.41) is 3.14. The van der Waals surface area contributed by atoms with Gasteiger partial charge in [-0.1, -0.05) is 0 Å². The molecule has 5 nitrogen and oxygen atoms in total. The molecule has 0 saturated carbocycles. The quantitative estimate of drug-likeness (QED) is 0.867. The lowest BCUT2D eigenvalue weighted by Gasteiger charge is -2.26. The monoisotopic (exact) mass is 262 g/mol. The summed E-state index contributed by atoms with van der Waals surface area (Å²) in [6.45, 7) is 4.34. The number of anilines is 2. The smallest absolute Gasteiger partial charge is 0.224 e. The third-order valence-corrected chi connectivity index (χ3v) is 3.55. The Kier molecular flexibility index (Phi) is 4.60. The second kappa shape index (κ2) is 6.41. The van der Waals surface area contributed by atoms with Gasteiger partial charge in [-0.3, -0.25) is 4.79 Å². The molecule has 2 heterocycles. The molecule has 0 spiro atoms. The molecule has 19 heavy (non-hydrogen) atoms. The van der Waals surface area contributed by atoms with E-state index in [1.807, 2.05) is 17.9 Å². The lowest BCUT2D eigenvalue weighted by molar-refractivity contribution is -0.131. The fourth-order valence-electron chi connectivity index (χ4n) is 2.30. The molecule has 1 aliphatic heterocycles. The normalized spacial score (nSPS) is 15.3. The molecule has 1 aromatic heterocycles. The molecule has 0 aromatic carbocycles. The molecule has 0 bridgehead atoms. The third-order valence-electron chi connectivity index (χ3n) is 3.55. The van der Waals surface area contributed by atoms with Gasteiger partial charge in [0.15, 0.2) is 0 Å². The highest BCUT2D eigenvalue weighted by Crippen LogP contribution is 2.18. The highest BCUT2D eigenvalue weighted by Gasteiger charge is 2.15. The largest absolute Gasteiger partial charge is 0.396 e. The fraction of sp³-hybridized carbons (Fsp3) is 0.571. The SMILES string of the molecule is Cc1ccnc(NCCC(=O)N2CCCCC2)c1N. The number of hydrogen-bond donors (Lipinski definition) is 2. The number of carbonyl (C=O) groups is 1. The van der Waals surface area contributed by atoms with E-state index in [1.165, 1.54) is 6.42 Å². The zero-order chi connectivity index (χ0) is 13.7. The van der Waals surface area contributed by atoms with Crippen LogP contribution in [0, 0.1) is 6.92 Å². The van der Waals surface area contributed by atoms with Crippen molar-refractivity contribution in [2.45, 2.75) is 32.6 Å². The molecule has 1 aromatic rings. The average molecular weight is 262 g/mol. The number of carbonyl (C=O) groups excluding carboxylic acids is 1. The van der Waals surface area contributed by atoms with Gasteiger partial charge in [0.05, 0.1) is 5.69 Å². The van der Waals surface area contributed by atoms with Crippen molar-refractivity contribution in [3.8, 4) is 0 Å². The lowest BCUT2D eigenvalue weighted by atomic mass is 10.1.